The molecule has 1 aromatic heterocycles. The first-order chi connectivity index (χ1) is 13.8. The summed E-state index contributed by atoms with van der Waals surface area (Å²) in [6.45, 7) is 2.01. The number of likely N-dealkylation sites (N-methyl/N-ethyl adjacent to an activating group) is 1. The van der Waals surface area contributed by atoms with Gasteiger partial charge in [-0.25, -0.2) is 13.2 Å². The van der Waals surface area contributed by atoms with Gasteiger partial charge in [0.1, 0.15) is 5.00 Å². The predicted octanol–water partition coefficient (Wildman–Crippen LogP) is 2.65. The SMILES string of the molecule is CCOC(=O)c1cc(-c2ccccc2)sc1NC(=O)CN(C)[C@@H]1CCS(=O)(=O)C1. The molecule has 0 unspecified atom stereocenters. The Labute approximate surface area is 174 Å². The molecule has 1 fully saturated rings. The molecule has 0 bridgehead atoms. The first-order valence-corrected chi connectivity index (χ1v) is 12.0. The number of hydrogen-bond acceptors (Lipinski definition) is 7. The van der Waals surface area contributed by atoms with Crippen LogP contribution in [0.25, 0.3) is 10.4 Å². The number of carbonyl (C=O) groups is 2. The second kappa shape index (κ2) is 9.06. The van der Waals surface area contributed by atoms with Crippen molar-refractivity contribution < 1.29 is 22.7 Å². The van der Waals surface area contributed by atoms with Crippen molar-refractivity contribution in [2.24, 2.45) is 0 Å². The monoisotopic (exact) mass is 436 g/mol. The van der Waals surface area contributed by atoms with Crippen LogP contribution < -0.4 is 5.32 Å². The summed E-state index contributed by atoms with van der Waals surface area (Å²) in [6, 6.07) is 11.1. The molecule has 9 heteroatoms. The summed E-state index contributed by atoms with van der Waals surface area (Å²) in [5.74, 6) is -0.565. The molecule has 0 spiro atoms. The fourth-order valence-electron chi connectivity index (χ4n) is 3.23. The molecule has 7 nitrogen and oxygen atoms in total. The number of esters is 1. The average molecular weight is 437 g/mol. The Bertz CT molecular complexity index is 986. The molecule has 2 heterocycles. The number of rotatable bonds is 7. The fourth-order valence-corrected chi connectivity index (χ4v) is 6.11. The molecule has 0 aliphatic carbocycles. The van der Waals surface area contributed by atoms with E-state index in [4.69, 9.17) is 4.74 Å². The van der Waals surface area contributed by atoms with E-state index in [1.54, 1.807) is 24.9 Å². The van der Waals surface area contributed by atoms with Crippen LogP contribution in [0, 0.1) is 0 Å². The van der Waals surface area contributed by atoms with Gasteiger partial charge in [-0.1, -0.05) is 30.3 Å². The number of carbonyl (C=O) groups excluding carboxylic acids is 2. The molecule has 1 aliphatic heterocycles. The topological polar surface area (TPSA) is 92.8 Å². The van der Waals surface area contributed by atoms with Crippen LogP contribution in [0.2, 0.25) is 0 Å². The zero-order chi connectivity index (χ0) is 21.0. The standard InChI is InChI=1S/C20H24N2O5S2/c1-3-27-20(24)16-11-17(14-7-5-4-6-8-14)28-19(16)21-18(23)12-22(2)15-9-10-29(25,26)13-15/h4-8,11,15H,3,9-10,12-13H2,1-2H3,(H,21,23)/t15-/m1/s1. The van der Waals surface area contributed by atoms with E-state index < -0.39 is 15.8 Å². The summed E-state index contributed by atoms with van der Waals surface area (Å²) in [4.78, 5) is 27.5. The maximum atomic E-state index is 12.6. The highest BCUT2D eigenvalue weighted by Crippen LogP contribution is 2.36. The zero-order valence-electron chi connectivity index (χ0n) is 16.4. The van der Waals surface area contributed by atoms with Crippen molar-refractivity contribution in [3.8, 4) is 10.4 Å². The highest BCUT2D eigenvalue weighted by molar-refractivity contribution is 7.91. The highest BCUT2D eigenvalue weighted by atomic mass is 32.2. The third-order valence-electron chi connectivity index (χ3n) is 4.76. The minimum absolute atomic E-state index is 0.0427. The summed E-state index contributed by atoms with van der Waals surface area (Å²) < 4.78 is 28.5. The Balaban J connectivity index is 1.75. The van der Waals surface area contributed by atoms with E-state index in [-0.39, 0.29) is 36.6 Å². The van der Waals surface area contributed by atoms with E-state index in [2.05, 4.69) is 5.32 Å². The van der Waals surface area contributed by atoms with Crippen LogP contribution in [-0.4, -0.2) is 62.9 Å². The second-order valence-electron chi connectivity index (χ2n) is 6.96. The molecule has 1 saturated heterocycles. The minimum atomic E-state index is -3.02. The van der Waals surface area contributed by atoms with Crippen molar-refractivity contribution in [1.29, 1.82) is 0 Å². The van der Waals surface area contributed by atoms with Gasteiger partial charge in [-0.15, -0.1) is 11.3 Å². The Morgan fingerprint density at radius 3 is 2.62 bits per heavy atom. The average Bonchev–Trinajstić information content (AvgIpc) is 3.26. The lowest BCUT2D eigenvalue weighted by molar-refractivity contribution is -0.117. The largest absolute Gasteiger partial charge is 0.462 e. The Morgan fingerprint density at radius 1 is 1.28 bits per heavy atom. The molecule has 0 radical (unpaired) electrons. The molecule has 1 aliphatic rings. The zero-order valence-corrected chi connectivity index (χ0v) is 18.0. The fraction of sp³-hybridized carbons (Fsp3) is 0.400. The molecule has 29 heavy (non-hydrogen) atoms. The van der Waals surface area contributed by atoms with Crippen molar-refractivity contribution in [3.63, 3.8) is 0 Å². The predicted molar refractivity (Wildman–Crippen MR) is 114 cm³/mol. The molecule has 1 aromatic carbocycles. The molecule has 1 N–H and O–H groups in total. The van der Waals surface area contributed by atoms with E-state index >= 15 is 0 Å². The molecule has 1 atom stereocenters. The van der Waals surface area contributed by atoms with Crippen LogP contribution in [0.4, 0.5) is 5.00 Å². The number of nitrogens with one attached hydrogen (secondary N) is 1. The van der Waals surface area contributed by atoms with Crippen LogP contribution in [-0.2, 0) is 19.4 Å². The molecule has 3 rings (SSSR count). The quantitative estimate of drug-likeness (QED) is 0.671. The summed E-state index contributed by atoms with van der Waals surface area (Å²) in [5, 5.41) is 3.23. The van der Waals surface area contributed by atoms with Crippen LogP contribution in [0.15, 0.2) is 36.4 Å². The van der Waals surface area contributed by atoms with Crippen molar-refractivity contribution in [3.05, 3.63) is 42.0 Å². The highest BCUT2D eigenvalue weighted by Gasteiger charge is 2.31. The number of anilines is 1. The van der Waals surface area contributed by atoms with Crippen LogP contribution in [0.3, 0.4) is 0 Å². The van der Waals surface area contributed by atoms with Crippen molar-refractivity contribution in [2.75, 3.05) is 37.0 Å². The van der Waals surface area contributed by atoms with E-state index in [0.717, 1.165) is 10.4 Å². The van der Waals surface area contributed by atoms with Gasteiger partial charge in [0.05, 0.1) is 30.2 Å². The number of nitrogens with zero attached hydrogens (tertiary/aromatic N) is 1. The molecule has 0 saturated carbocycles. The van der Waals surface area contributed by atoms with E-state index in [1.807, 2.05) is 30.3 Å². The second-order valence-corrected chi connectivity index (χ2v) is 10.2. The lowest BCUT2D eigenvalue weighted by Crippen LogP contribution is -2.38. The Morgan fingerprint density at radius 2 is 2.00 bits per heavy atom. The molecule has 156 valence electrons. The smallest absolute Gasteiger partial charge is 0.341 e. The third kappa shape index (κ3) is 5.43. The maximum absolute atomic E-state index is 12.6. The summed E-state index contributed by atoms with van der Waals surface area (Å²) >= 11 is 1.31. The summed E-state index contributed by atoms with van der Waals surface area (Å²) in [5.41, 5.74) is 1.26. The third-order valence-corrected chi connectivity index (χ3v) is 7.61. The van der Waals surface area contributed by atoms with Crippen molar-refractivity contribution in [1.82, 2.24) is 4.90 Å². The van der Waals surface area contributed by atoms with Gasteiger partial charge < -0.3 is 10.1 Å². The van der Waals surface area contributed by atoms with Crippen molar-refractivity contribution >= 4 is 38.1 Å². The van der Waals surface area contributed by atoms with Gasteiger partial charge in [-0.3, -0.25) is 9.69 Å². The number of hydrogen-bond donors (Lipinski definition) is 1. The lowest BCUT2D eigenvalue weighted by atomic mass is 10.1. The first kappa shape index (κ1) is 21.5. The normalized spacial score (nSPS) is 18.0. The molecular weight excluding hydrogens is 412 g/mol. The van der Waals surface area contributed by atoms with Gasteiger partial charge in [0, 0.05) is 10.9 Å². The number of sulfone groups is 1. The number of thiophene rings is 1. The van der Waals surface area contributed by atoms with Crippen LogP contribution in [0.1, 0.15) is 23.7 Å². The van der Waals surface area contributed by atoms with Gasteiger partial charge >= 0.3 is 5.97 Å². The van der Waals surface area contributed by atoms with Gasteiger partial charge in [0.25, 0.3) is 0 Å². The van der Waals surface area contributed by atoms with Gasteiger partial charge in [0.15, 0.2) is 9.84 Å². The van der Waals surface area contributed by atoms with E-state index in [0.29, 0.717) is 17.0 Å². The lowest BCUT2D eigenvalue weighted by Gasteiger charge is -2.22. The summed E-state index contributed by atoms with van der Waals surface area (Å²) in [7, 11) is -1.28. The Hall–Kier alpha value is -2.23. The van der Waals surface area contributed by atoms with Crippen molar-refractivity contribution in [2.45, 2.75) is 19.4 Å². The summed E-state index contributed by atoms with van der Waals surface area (Å²) in [6.07, 6.45) is 0.525. The van der Waals surface area contributed by atoms with Gasteiger partial charge in [-0.2, -0.15) is 0 Å². The van der Waals surface area contributed by atoms with Gasteiger partial charge in [-0.05, 0) is 32.0 Å². The van der Waals surface area contributed by atoms with Crippen LogP contribution in [0.5, 0.6) is 0 Å². The number of benzene rings is 1. The molecular formula is C20H24N2O5S2. The number of amides is 1. The molecule has 1 amide bonds. The maximum Gasteiger partial charge on any atom is 0.341 e. The van der Waals surface area contributed by atoms with Gasteiger partial charge in [0.2, 0.25) is 5.91 Å². The first-order valence-electron chi connectivity index (χ1n) is 9.36. The van der Waals surface area contributed by atoms with Crippen LogP contribution >= 0.6 is 11.3 Å². The minimum Gasteiger partial charge on any atom is -0.462 e. The van der Waals surface area contributed by atoms with E-state index in [1.165, 1.54) is 11.3 Å². The molecule has 2 aromatic rings. The Kier molecular flexibility index (Phi) is 6.71. The van der Waals surface area contributed by atoms with E-state index in [9.17, 15) is 18.0 Å². The number of ether oxygens (including phenoxy) is 1.